The van der Waals surface area contributed by atoms with E-state index in [4.69, 9.17) is 4.74 Å². The number of nitro groups is 1. The molecule has 9 heteroatoms. The molecule has 0 bridgehead atoms. The molecule has 1 N–H and O–H groups in total. The molecule has 0 amide bonds. The lowest BCUT2D eigenvalue weighted by Crippen LogP contribution is -2.04. The lowest BCUT2D eigenvalue weighted by Gasteiger charge is -2.01. The average molecular weight is 273 g/mol. The highest BCUT2D eigenvalue weighted by Crippen LogP contribution is 2.31. The van der Waals surface area contributed by atoms with Gasteiger partial charge in [-0.2, -0.15) is 13.2 Å². The third kappa shape index (κ3) is 3.00. The number of nitrogens with one attached hydrogen (secondary N) is 1. The summed E-state index contributed by atoms with van der Waals surface area (Å²) >= 11 is 0. The van der Waals surface area contributed by atoms with Crippen molar-refractivity contribution in [2.75, 3.05) is 0 Å². The number of non-ortho nitro benzene ring substituents is 1. The summed E-state index contributed by atoms with van der Waals surface area (Å²) in [7, 11) is 0. The maximum absolute atomic E-state index is 12.3. The molecule has 2 rings (SSSR count). The van der Waals surface area contributed by atoms with E-state index in [1.165, 1.54) is 24.3 Å². The van der Waals surface area contributed by atoms with Crippen LogP contribution in [-0.4, -0.2) is 15.1 Å². The minimum absolute atomic E-state index is 0.144. The van der Waals surface area contributed by atoms with Crippen LogP contribution in [0.2, 0.25) is 0 Å². The number of rotatable bonds is 3. The molecule has 0 spiro atoms. The molecule has 1 aromatic heterocycles. The highest BCUT2D eigenvalue weighted by atomic mass is 19.4. The highest BCUT2D eigenvalue weighted by molar-refractivity contribution is 5.37. The van der Waals surface area contributed by atoms with Gasteiger partial charge in [-0.25, -0.2) is 0 Å². The van der Waals surface area contributed by atoms with E-state index in [-0.39, 0.29) is 17.3 Å². The summed E-state index contributed by atoms with van der Waals surface area (Å²) in [4.78, 5) is 9.81. The fourth-order valence-electron chi connectivity index (χ4n) is 1.26. The van der Waals surface area contributed by atoms with E-state index in [2.05, 4.69) is 5.10 Å². The Balaban J connectivity index is 2.13. The van der Waals surface area contributed by atoms with Crippen LogP contribution in [0.25, 0.3) is 0 Å². The van der Waals surface area contributed by atoms with Gasteiger partial charge in [-0.3, -0.25) is 15.2 Å². The molecule has 0 saturated heterocycles. The fourth-order valence-corrected chi connectivity index (χ4v) is 1.26. The summed E-state index contributed by atoms with van der Waals surface area (Å²) in [6.45, 7) is 0. The standard InChI is InChI=1S/C10H6F3N3O3/c11-10(12,13)8-5-9(15-14-8)19-7-3-1-6(2-4-7)16(17)18/h1-5H,(H,14,15). The van der Waals surface area contributed by atoms with E-state index in [0.717, 1.165) is 0 Å². The highest BCUT2D eigenvalue weighted by Gasteiger charge is 2.33. The van der Waals surface area contributed by atoms with Crippen LogP contribution in [0.3, 0.4) is 0 Å². The van der Waals surface area contributed by atoms with E-state index in [9.17, 15) is 23.3 Å². The molecule has 0 aliphatic heterocycles. The molecule has 0 atom stereocenters. The smallest absolute Gasteiger partial charge is 0.432 e. The molecular formula is C10H6F3N3O3. The van der Waals surface area contributed by atoms with Gasteiger partial charge in [0.2, 0.25) is 5.88 Å². The maximum Gasteiger partial charge on any atom is 0.432 e. The Labute approximate surface area is 104 Å². The maximum atomic E-state index is 12.3. The van der Waals surface area contributed by atoms with Crippen LogP contribution in [-0.2, 0) is 6.18 Å². The number of aromatic amines is 1. The van der Waals surface area contributed by atoms with Gasteiger partial charge >= 0.3 is 6.18 Å². The van der Waals surface area contributed by atoms with Crippen molar-refractivity contribution in [2.45, 2.75) is 6.18 Å². The number of nitrogens with zero attached hydrogens (tertiary/aromatic N) is 2. The molecule has 6 nitrogen and oxygen atoms in total. The Bertz CT molecular complexity index is 592. The van der Waals surface area contributed by atoms with Gasteiger partial charge in [-0.1, -0.05) is 0 Å². The van der Waals surface area contributed by atoms with Crippen LogP contribution in [0.15, 0.2) is 30.3 Å². The van der Waals surface area contributed by atoms with Crippen molar-refractivity contribution in [2.24, 2.45) is 0 Å². The summed E-state index contributed by atoms with van der Waals surface area (Å²) in [5, 5.41) is 15.5. The van der Waals surface area contributed by atoms with Crippen molar-refractivity contribution in [1.29, 1.82) is 0 Å². The number of H-pyrrole nitrogens is 1. The van der Waals surface area contributed by atoms with E-state index in [1.54, 1.807) is 5.10 Å². The fraction of sp³-hybridized carbons (Fsp3) is 0.100. The lowest BCUT2D eigenvalue weighted by molar-refractivity contribution is -0.384. The number of benzene rings is 1. The molecule has 0 unspecified atom stereocenters. The van der Waals surface area contributed by atoms with Crippen LogP contribution in [0.4, 0.5) is 18.9 Å². The first kappa shape index (κ1) is 12.9. The first-order valence-corrected chi connectivity index (χ1v) is 4.91. The Morgan fingerprint density at radius 2 is 1.89 bits per heavy atom. The molecule has 19 heavy (non-hydrogen) atoms. The molecule has 1 aromatic carbocycles. The second-order valence-electron chi connectivity index (χ2n) is 3.47. The van der Waals surface area contributed by atoms with Gasteiger partial charge in [0, 0.05) is 18.2 Å². The minimum atomic E-state index is -4.54. The van der Waals surface area contributed by atoms with Crippen molar-refractivity contribution in [3.8, 4) is 11.6 Å². The third-order valence-electron chi connectivity index (χ3n) is 2.13. The van der Waals surface area contributed by atoms with Gasteiger partial charge in [0.05, 0.1) is 4.92 Å². The van der Waals surface area contributed by atoms with Gasteiger partial charge in [0.25, 0.3) is 5.69 Å². The Hall–Kier alpha value is -2.58. The molecule has 0 fully saturated rings. The van der Waals surface area contributed by atoms with Gasteiger partial charge in [-0.15, -0.1) is 5.10 Å². The minimum Gasteiger partial charge on any atom is -0.438 e. The van der Waals surface area contributed by atoms with E-state index in [0.29, 0.717) is 6.07 Å². The summed E-state index contributed by atoms with van der Waals surface area (Å²) in [6.07, 6.45) is -4.54. The Morgan fingerprint density at radius 3 is 2.37 bits per heavy atom. The summed E-state index contributed by atoms with van der Waals surface area (Å²) in [5.74, 6) is -0.132. The molecule has 0 aliphatic carbocycles. The summed E-state index contributed by atoms with van der Waals surface area (Å²) < 4.78 is 41.9. The zero-order chi connectivity index (χ0) is 14.0. The van der Waals surface area contributed by atoms with Gasteiger partial charge in [-0.05, 0) is 12.1 Å². The Morgan fingerprint density at radius 1 is 1.26 bits per heavy atom. The molecule has 100 valence electrons. The number of ether oxygens (including phenoxy) is 1. The molecule has 0 saturated carbocycles. The third-order valence-corrected chi connectivity index (χ3v) is 2.13. The lowest BCUT2D eigenvalue weighted by atomic mass is 10.3. The van der Waals surface area contributed by atoms with Crippen LogP contribution in [0, 0.1) is 10.1 Å². The van der Waals surface area contributed by atoms with E-state index >= 15 is 0 Å². The monoisotopic (exact) mass is 273 g/mol. The second-order valence-corrected chi connectivity index (χ2v) is 3.47. The van der Waals surface area contributed by atoms with Gasteiger partial charge < -0.3 is 4.74 Å². The van der Waals surface area contributed by atoms with Crippen molar-refractivity contribution >= 4 is 5.69 Å². The zero-order valence-electron chi connectivity index (χ0n) is 9.14. The summed E-state index contributed by atoms with van der Waals surface area (Å²) in [5.41, 5.74) is -1.19. The predicted octanol–water partition coefficient (Wildman–Crippen LogP) is 3.13. The average Bonchev–Trinajstić information content (AvgIpc) is 2.78. The van der Waals surface area contributed by atoms with Crippen molar-refractivity contribution in [3.05, 3.63) is 46.1 Å². The second kappa shape index (κ2) is 4.59. The predicted molar refractivity (Wildman–Crippen MR) is 56.8 cm³/mol. The van der Waals surface area contributed by atoms with Crippen molar-refractivity contribution in [3.63, 3.8) is 0 Å². The quantitative estimate of drug-likeness (QED) is 0.688. The Kier molecular flexibility index (Phi) is 3.11. The van der Waals surface area contributed by atoms with E-state index in [1.807, 2.05) is 0 Å². The number of hydrogen-bond donors (Lipinski definition) is 1. The normalized spacial score (nSPS) is 11.3. The van der Waals surface area contributed by atoms with Gasteiger partial charge in [0.1, 0.15) is 11.4 Å². The summed E-state index contributed by atoms with van der Waals surface area (Å²) in [6, 6.07) is 5.57. The molecule has 1 heterocycles. The van der Waals surface area contributed by atoms with Crippen molar-refractivity contribution in [1.82, 2.24) is 10.2 Å². The largest absolute Gasteiger partial charge is 0.438 e. The van der Waals surface area contributed by atoms with Crippen LogP contribution in [0.1, 0.15) is 5.69 Å². The van der Waals surface area contributed by atoms with E-state index < -0.39 is 16.8 Å². The van der Waals surface area contributed by atoms with Crippen LogP contribution >= 0.6 is 0 Å². The topological polar surface area (TPSA) is 81.0 Å². The molecule has 2 aromatic rings. The molecule has 0 aliphatic rings. The molecular weight excluding hydrogens is 267 g/mol. The number of halogens is 3. The van der Waals surface area contributed by atoms with Crippen LogP contribution in [0.5, 0.6) is 11.6 Å². The number of hydrogen-bond acceptors (Lipinski definition) is 4. The number of alkyl halides is 3. The first-order valence-electron chi connectivity index (χ1n) is 4.91. The van der Waals surface area contributed by atoms with Crippen molar-refractivity contribution < 1.29 is 22.8 Å². The zero-order valence-corrected chi connectivity index (χ0v) is 9.14. The molecule has 0 radical (unpaired) electrons. The van der Waals surface area contributed by atoms with Gasteiger partial charge in [0.15, 0.2) is 0 Å². The number of nitro benzene ring substituents is 1. The number of aromatic nitrogens is 2. The van der Waals surface area contributed by atoms with Crippen LogP contribution < -0.4 is 4.74 Å². The SMILES string of the molecule is O=[N+]([O-])c1ccc(Oc2cc(C(F)(F)F)[nH]n2)cc1. The first-order chi connectivity index (χ1) is 8.86.